The van der Waals surface area contributed by atoms with Crippen LogP contribution in [0.15, 0.2) is 57.7 Å². The lowest BCUT2D eigenvalue weighted by Gasteiger charge is -2.08. The van der Waals surface area contributed by atoms with Crippen molar-refractivity contribution in [3.05, 3.63) is 75.6 Å². The van der Waals surface area contributed by atoms with Crippen LogP contribution in [-0.4, -0.2) is 16.4 Å². The summed E-state index contributed by atoms with van der Waals surface area (Å²) in [7, 11) is 0. The van der Waals surface area contributed by atoms with Crippen LogP contribution in [0.25, 0.3) is 11.0 Å². The number of benzene rings is 2. The van der Waals surface area contributed by atoms with E-state index in [0.717, 1.165) is 0 Å². The Kier molecular flexibility index (Phi) is 4.10. The minimum absolute atomic E-state index is 0. The summed E-state index contributed by atoms with van der Waals surface area (Å²) in [4.78, 5) is 24.1. The predicted molar refractivity (Wildman–Crippen MR) is 82.4 cm³/mol. The van der Waals surface area contributed by atoms with Crippen molar-refractivity contribution >= 4 is 16.8 Å². The molecule has 3 aromatic rings. The van der Waals surface area contributed by atoms with Crippen LogP contribution in [0.3, 0.4) is 0 Å². The number of carbonyl (C=O) groups is 1. The van der Waals surface area contributed by atoms with Crippen molar-refractivity contribution in [1.82, 2.24) is 0 Å². The fourth-order valence-electron chi connectivity index (χ4n) is 2.33. The third-order valence-electron chi connectivity index (χ3n) is 3.36. The second-order valence-electron chi connectivity index (χ2n) is 4.78. The summed E-state index contributed by atoms with van der Waals surface area (Å²) in [6, 6.07) is 13.0. The highest BCUT2D eigenvalue weighted by atomic mass is 16.4. The molecule has 3 rings (SSSR count). The van der Waals surface area contributed by atoms with Crippen LogP contribution in [0, 0.1) is 6.92 Å². The van der Waals surface area contributed by atoms with Gasteiger partial charge in [-0.05, 0) is 24.6 Å². The number of rotatable bonds is 2. The molecular formula is C17H14O5. The second-order valence-corrected chi connectivity index (χ2v) is 4.78. The minimum atomic E-state index is -0.548. The Balaban J connectivity index is 0.00000176. The van der Waals surface area contributed by atoms with Crippen LogP contribution in [0.5, 0.6) is 5.75 Å². The second kappa shape index (κ2) is 5.83. The van der Waals surface area contributed by atoms with Gasteiger partial charge in [0.2, 0.25) is 5.78 Å². The van der Waals surface area contributed by atoms with Crippen LogP contribution in [0.1, 0.15) is 21.5 Å². The van der Waals surface area contributed by atoms with Crippen molar-refractivity contribution in [1.29, 1.82) is 0 Å². The monoisotopic (exact) mass is 298 g/mol. The molecule has 3 N–H and O–H groups in total. The van der Waals surface area contributed by atoms with E-state index in [0.29, 0.717) is 16.5 Å². The van der Waals surface area contributed by atoms with E-state index in [4.69, 9.17) is 4.42 Å². The summed E-state index contributed by atoms with van der Waals surface area (Å²) in [5, 5.41) is 10.7. The normalized spacial score (nSPS) is 10.2. The Bertz CT molecular complexity index is 894. The highest BCUT2D eigenvalue weighted by molar-refractivity contribution is 6.17. The van der Waals surface area contributed by atoms with E-state index in [1.807, 2.05) is 0 Å². The standard InChI is InChI=1S/C17H12O4.H2O/c1-10-9-14(19)21-17-12(10)7-8-13(18)15(17)16(20)11-5-3-2-4-6-11;/h2-9,18H,1H3;1H2. The van der Waals surface area contributed by atoms with Crippen molar-refractivity contribution < 1.29 is 19.8 Å². The SMILES string of the molecule is Cc1cc(=O)oc2c(C(=O)c3ccccc3)c(O)ccc12.O. The van der Waals surface area contributed by atoms with E-state index in [2.05, 4.69) is 0 Å². The number of hydrogen-bond acceptors (Lipinski definition) is 4. The molecule has 5 nitrogen and oxygen atoms in total. The zero-order chi connectivity index (χ0) is 15.0. The lowest BCUT2D eigenvalue weighted by atomic mass is 9.99. The summed E-state index contributed by atoms with van der Waals surface area (Å²) in [5.41, 5.74) is 0.703. The number of fused-ring (bicyclic) bond motifs is 1. The Labute approximate surface area is 125 Å². The number of phenolic OH excluding ortho intramolecular Hbond substituents is 1. The van der Waals surface area contributed by atoms with Gasteiger partial charge in [0.15, 0.2) is 5.58 Å². The maximum atomic E-state index is 12.6. The molecule has 1 heterocycles. The number of hydrogen-bond donors (Lipinski definition) is 1. The molecule has 2 aromatic carbocycles. The van der Waals surface area contributed by atoms with Gasteiger partial charge in [-0.3, -0.25) is 4.79 Å². The molecule has 112 valence electrons. The number of ketones is 1. The van der Waals surface area contributed by atoms with Crippen molar-refractivity contribution in [3.63, 3.8) is 0 Å². The summed E-state index contributed by atoms with van der Waals surface area (Å²) in [5.74, 6) is -0.586. The van der Waals surface area contributed by atoms with E-state index in [9.17, 15) is 14.7 Å². The smallest absolute Gasteiger partial charge is 0.336 e. The lowest BCUT2D eigenvalue weighted by Crippen LogP contribution is -2.06. The van der Waals surface area contributed by atoms with E-state index in [-0.39, 0.29) is 28.2 Å². The zero-order valence-corrected chi connectivity index (χ0v) is 11.8. The van der Waals surface area contributed by atoms with E-state index >= 15 is 0 Å². The molecular weight excluding hydrogens is 284 g/mol. The van der Waals surface area contributed by atoms with E-state index < -0.39 is 5.63 Å². The summed E-state index contributed by atoms with van der Waals surface area (Å²) in [6.07, 6.45) is 0. The zero-order valence-electron chi connectivity index (χ0n) is 11.8. The topological polar surface area (TPSA) is 99.0 Å². The molecule has 0 bridgehead atoms. The Hall–Kier alpha value is -2.92. The van der Waals surface area contributed by atoms with Crippen molar-refractivity contribution in [2.45, 2.75) is 6.92 Å². The number of phenols is 1. The lowest BCUT2D eigenvalue weighted by molar-refractivity contribution is 0.103. The fourth-order valence-corrected chi connectivity index (χ4v) is 2.33. The van der Waals surface area contributed by atoms with Crippen molar-refractivity contribution in [2.24, 2.45) is 0 Å². The van der Waals surface area contributed by atoms with Gasteiger partial charge < -0.3 is 15.0 Å². The maximum absolute atomic E-state index is 12.6. The first-order chi connectivity index (χ1) is 10.1. The van der Waals surface area contributed by atoms with Crippen LogP contribution >= 0.6 is 0 Å². The summed E-state index contributed by atoms with van der Waals surface area (Å²) >= 11 is 0. The fraction of sp³-hybridized carbons (Fsp3) is 0.0588. The number of aromatic hydroxyl groups is 1. The predicted octanol–water partition coefficient (Wildman–Crippen LogP) is 2.21. The minimum Gasteiger partial charge on any atom is -0.507 e. The molecule has 0 aliphatic heterocycles. The molecule has 0 saturated carbocycles. The van der Waals surface area contributed by atoms with Crippen LogP contribution in [0.4, 0.5) is 0 Å². The highest BCUT2D eigenvalue weighted by Crippen LogP contribution is 2.30. The van der Waals surface area contributed by atoms with Gasteiger partial charge in [0.05, 0.1) is 0 Å². The molecule has 0 saturated heterocycles. The van der Waals surface area contributed by atoms with E-state index in [1.165, 1.54) is 12.1 Å². The van der Waals surface area contributed by atoms with Crippen molar-refractivity contribution in [3.8, 4) is 5.75 Å². The van der Waals surface area contributed by atoms with Gasteiger partial charge in [-0.15, -0.1) is 0 Å². The molecule has 0 atom stereocenters. The van der Waals surface area contributed by atoms with E-state index in [1.54, 1.807) is 43.3 Å². The summed E-state index contributed by atoms with van der Waals surface area (Å²) < 4.78 is 5.16. The number of carbonyl (C=O) groups excluding carboxylic acids is 1. The molecule has 0 unspecified atom stereocenters. The average Bonchev–Trinajstić information content (AvgIpc) is 2.47. The Morgan fingerprint density at radius 3 is 2.45 bits per heavy atom. The van der Waals surface area contributed by atoms with Crippen molar-refractivity contribution in [2.75, 3.05) is 0 Å². The third-order valence-corrected chi connectivity index (χ3v) is 3.36. The maximum Gasteiger partial charge on any atom is 0.336 e. The molecule has 0 amide bonds. The third kappa shape index (κ3) is 2.49. The molecule has 1 aromatic heterocycles. The molecule has 0 aliphatic rings. The first kappa shape index (κ1) is 15.5. The quantitative estimate of drug-likeness (QED) is 0.579. The Morgan fingerprint density at radius 2 is 1.77 bits per heavy atom. The first-order valence-corrected chi connectivity index (χ1v) is 6.44. The summed E-state index contributed by atoms with van der Waals surface area (Å²) in [6.45, 7) is 1.76. The Morgan fingerprint density at radius 1 is 1.09 bits per heavy atom. The molecule has 0 aliphatic carbocycles. The largest absolute Gasteiger partial charge is 0.507 e. The molecule has 5 heteroatoms. The van der Waals surface area contributed by atoms with Gasteiger partial charge in [0.1, 0.15) is 11.3 Å². The van der Waals surface area contributed by atoms with Gasteiger partial charge in [-0.25, -0.2) is 4.79 Å². The van der Waals surface area contributed by atoms with Gasteiger partial charge in [0, 0.05) is 17.0 Å². The number of aryl methyl sites for hydroxylation is 1. The highest BCUT2D eigenvalue weighted by Gasteiger charge is 2.20. The first-order valence-electron chi connectivity index (χ1n) is 6.44. The van der Waals surface area contributed by atoms with Gasteiger partial charge in [0.25, 0.3) is 0 Å². The van der Waals surface area contributed by atoms with Crippen LogP contribution in [-0.2, 0) is 0 Å². The van der Waals surface area contributed by atoms with Crippen LogP contribution in [0.2, 0.25) is 0 Å². The van der Waals surface area contributed by atoms with Crippen LogP contribution < -0.4 is 5.63 Å². The molecule has 22 heavy (non-hydrogen) atoms. The van der Waals surface area contributed by atoms with Gasteiger partial charge in [-0.1, -0.05) is 30.3 Å². The molecule has 0 radical (unpaired) electrons. The van der Waals surface area contributed by atoms with Gasteiger partial charge >= 0.3 is 5.63 Å². The molecule has 0 spiro atoms. The molecule has 0 fully saturated rings. The average molecular weight is 298 g/mol. The van der Waals surface area contributed by atoms with Gasteiger partial charge in [-0.2, -0.15) is 0 Å².